The minimum Gasteiger partial charge on any atom is -0.467 e. The predicted octanol–water partition coefficient (Wildman–Crippen LogP) is -0.0838. The first-order valence-electron chi connectivity index (χ1n) is 8.24. The van der Waals surface area contributed by atoms with Gasteiger partial charge in [0.1, 0.15) is 18.1 Å². The molecule has 3 amide bonds. The molecular weight excluding hydrogens is 338 g/mol. The SMILES string of the molecule is COC(=O)C(Cc1ccccc1)NC(=O)C(C)NC(=O)C(C)NC(C)=O. The molecule has 1 aromatic carbocycles. The molecule has 0 bridgehead atoms. The summed E-state index contributed by atoms with van der Waals surface area (Å²) in [4.78, 5) is 47.2. The Bertz CT molecular complexity index is 647. The van der Waals surface area contributed by atoms with Crippen molar-refractivity contribution in [3.63, 3.8) is 0 Å². The second-order valence-electron chi connectivity index (χ2n) is 5.93. The topological polar surface area (TPSA) is 114 Å². The van der Waals surface area contributed by atoms with E-state index in [1.807, 2.05) is 30.3 Å². The highest BCUT2D eigenvalue weighted by Gasteiger charge is 2.26. The van der Waals surface area contributed by atoms with Gasteiger partial charge in [0.05, 0.1) is 7.11 Å². The van der Waals surface area contributed by atoms with Crippen LogP contribution in [0.3, 0.4) is 0 Å². The van der Waals surface area contributed by atoms with Gasteiger partial charge in [0.25, 0.3) is 0 Å². The number of rotatable bonds is 8. The van der Waals surface area contributed by atoms with E-state index < -0.39 is 35.9 Å². The first kappa shape index (κ1) is 21.1. The van der Waals surface area contributed by atoms with Crippen LogP contribution in [-0.4, -0.2) is 48.9 Å². The molecule has 8 heteroatoms. The fraction of sp³-hybridized carbons (Fsp3) is 0.444. The molecule has 3 atom stereocenters. The zero-order valence-electron chi connectivity index (χ0n) is 15.4. The quantitative estimate of drug-likeness (QED) is 0.559. The smallest absolute Gasteiger partial charge is 0.328 e. The van der Waals surface area contributed by atoms with E-state index in [1.54, 1.807) is 0 Å². The van der Waals surface area contributed by atoms with Crippen LogP contribution >= 0.6 is 0 Å². The summed E-state index contributed by atoms with van der Waals surface area (Å²) in [5.74, 6) is -1.95. The van der Waals surface area contributed by atoms with Crippen molar-refractivity contribution in [2.75, 3.05) is 7.11 Å². The Labute approximate surface area is 152 Å². The number of benzene rings is 1. The number of ether oxygens (including phenoxy) is 1. The van der Waals surface area contributed by atoms with Crippen molar-refractivity contribution in [1.29, 1.82) is 0 Å². The lowest BCUT2D eigenvalue weighted by molar-refractivity contribution is -0.145. The van der Waals surface area contributed by atoms with Gasteiger partial charge in [-0.05, 0) is 19.4 Å². The second kappa shape index (κ2) is 10.2. The van der Waals surface area contributed by atoms with Crippen LogP contribution < -0.4 is 16.0 Å². The Hall–Kier alpha value is -2.90. The molecule has 1 aromatic rings. The summed E-state index contributed by atoms with van der Waals surface area (Å²) in [6.07, 6.45) is 0.266. The van der Waals surface area contributed by atoms with Gasteiger partial charge in [-0.2, -0.15) is 0 Å². The van der Waals surface area contributed by atoms with Gasteiger partial charge in [-0.1, -0.05) is 30.3 Å². The number of carbonyl (C=O) groups is 4. The minimum absolute atomic E-state index is 0.266. The van der Waals surface area contributed by atoms with E-state index in [4.69, 9.17) is 4.74 Å². The highest BCUT2D eigenvalue weighted by molar-refractivity contribution is 5.92. The first-order valence-corrected chi connectivity index (χ1v) is 8.24. The number of amides is 3. The summed E-state index contributed by atoms with van der Waals surface area (Å²) < 4.78 is 4.74. The zero-order chi connectivity index (χ0) is 19.7. The van der Waals surface area contributed by atoms with Crippen molar-refractivity contribution in [3.8, 4) is 0 Å². The Balaban J connectivity index is 2.68. The summed E-state index contributed by atoms with van der Waals surface area (Å²) in [6, 6.07) is 6.65. The maximum atomic E-state index is 12.3. The van der Waals surface area contributed by atoms with Gasteiger partial charge in [0.2, 0.25) is 17.7 Å². The summed E-state index contributed by atoms with van der Waals surface area (Å²) in [6.45, 7) is 4.29. The molecule has 0 fully saturated rings. The molecule has 1 rings (SSSR count). The van der Waals surface area contributed by atoms with E-state index in [1.165, 1.54) is 27.9 Å². The third-order valence-electron chi connectivity index (χ3n) is 3.65. The van der Waals surface area contributed by atoms with Crippen molar-refractivity contribution >= 4 is 23.7 Å². The number of esters is 1. The normalized spacial score (nSPS) is 13.7. The van der Waals surface area contributed by atoms with E-state index >= 15 is 0 Å². The van der Waals surface area contributed by atoms with Crippen LogP contribution in [0.1, 0.15) is 26.3 Å². The van der Waals surface area contributed by atoms with Crippen LogP contribution in [-0.2, 0) is 30.3 Å². The minimum atomic E-state index is -0.887. The Kier molecular flexibility index (Phi) is 8.27. The van der Waals surface area contributed by atoms with Gasteiger partial charge >= 0.3 is 5.97 Å². The largest absolute Gasteiger partial charge is 0.467 e. The third-order valence-corrected chi connectivity index (χ3v) is 3.65. The molecule has 0 saturated carbocycles. The van der Waals surface area contributed by atoms with E-state index in [-0.39, 0.29) is 12.3 Å². The molecule has 3 N–H and O–H groups in total. The molecule has 0 aliphatic heterocycles. The van der Waals surface area contributed by atoms with Gasteiger partial charge < -0.3 is 20.7 Å². The number of carbonyl (C=O) groups excluding carboxylic acids is 4. The molecule has 26 heavy (non-hydrogen) atoms. The fourth-order valence-electron chi connectivity index (χ4n) is 2.26. The van der Waals surface area contributed by atoms with Crippen molar-refractivity contribution in [1.82, 2.24) is 16.0 Å². The molecule has 0 radical (unpaired) electrons. The number of nitrogens with one attached hydrogen (secondary N) is 3. The van der Waals surface area contributed by atoms with Crippen LogP contribution in [0.5, 0.6) is 0 Å². The monoisotopic (exact) mass is 363 g/mol. The Morgan fingerprint density at radius 1 is 0.923 bits per heavy atom. The van der Waals surface area contributed by atoms with E-state index in [2.05, 4.69) is 16.0 Å². The molecule has 0 aromatic heterocycles. The Morgan fingerprint density at radius 2 is 1.46 bits per heavy atom. The lowest BCUT2D eigenvalue weighted by atomic mass is 10.1. The molecule has 0 heterocycles. The molecule has 0 aliphatic carbocycles. The summed E-state index contributed by atoms with van der Waals surface area (Å²) in [5.41, 5.74) is 0.860. The van der Waals surface area contributed by atoms with Gasteiger partial charge in [-0.3, -0.25) is 14.4 Å². The number of methoxy groups -OCH3 is 1. The van der Waals surface area contributed by atoms with E-state index in [0.717, 1.165) is 5.56 Å². The predicted molar refractivity (Wildman–Crippen MR) is 95.0 cm³/mol. The van der Waals surface area contributed by atoms with Crippen LogP contribution in [0.4, 0.5) is 0 Å². The highest BCUT2D eigenvalue weighted by Crippen LogP contribution is 2.05. The van der Waals surface area contributed by atoms with Gasteiger partial charge in [-0.25, -0.2) is 4.79 Å². The molecule has 0 spiro atoms. The van der Waals surface area contributed by atoms with E-state index in [9.17, 15) is 19.2 Å². The summed E-state index contributed by atoms with van der Waals surface area (Å²) >= 11 is 0. The standard InChI is InChI=1S/C18H25N3O5/c1-11(19-13(3)22)16(23)20-12(2)17(24)21-15(18(25)26-4)10-14-8-6-5-7-9-14/h5-9,11-12,15H,10H2,1-4H3,(H,19,22)(H,20,23)(H,21,24). The lowest BCUT2D eigenvalue weighted by Crippen LogP contribution is -2.54. The number of hydrogen-bond donors (Lipinski definition) is 3. The first-order chi connectivity index (χ1) is 12.2. The van der Waals surface area contributed by atoms with Crippen LogP contribution in [0.2, 0.25) is 0 Å². The Morgan fingerprint density at radius 3 is 2.00 bits per heavy atom. The lowest BCUT2D eigenvalue weighted by Gasteiger charge is -2.21. The number of hydrogen-bond acceptors (Lipinski definition) is 5. The van der Waals surface area contributed by atoms with Crippen molar-refractivity contribution < 1.29 is 23.9 Å². The fourth-order valence-corrected chi connectivity index (χ4v) is 2.26. The van der Waals surface area contributed by atoms with Crippen molar-refractivity contribution in [3.05, 3.63) is 35.9 Å². The van der Waals surface area contributed by atoms with Crippen molar-refractivity contribution in [2.45, 2.75) is 45.3 Å². The summed E-state index contributed by atoms with van der Waals surface area (Å²) in [7, 11) is 1.24. The molecule has 0 saturated heterocycles. The maximum Gasteiger partial charge on any atom is 0.328 e. The zero-order valence-corrected chi connectivity index (χ0v) is 15.4. The average Bonchev–Trinajstić information content (AvgIpc) is 2.60. The van der Waals surface area contributed by atoms with Gasteiger partial charge in [-0.15, -0.1) is 0 Å². The average molecular weight is 363 g/mol. The highest BCUT2D eigenvalue weighted by atomic mass is 16.5. The van der Waals surface area contributed by atoms with Gasteiger partial charge in [0, 0.05) is 13.3 Å². The van der Waals surface area contributed by atoms with Gasteiger partial charge in [0.15, 0.2) is 0 Å². The van der Waals surface area contributed by atoms with Crippen LogP contribution in [0, 0.1) is 0 Å². The molecular formula is C18H25N3O5. The molecule has 142 valence electrons. The van der Waals surface area contributed by atoms with Crippen molar-refractivity contribution in [2.24, 2.45) is 0 Å². The third kappa shape index (κ3) is 6.92. The van der Waals surface area contributed by atoms with E-state index in [0.29, 0.717) is 0 Å². The maximum absolute atomic E-state index is 12.3. The molecule has 8 nitrogen and oxygen atoms in total. The molecule has 0 aliphatic rings. The van der Waals surface area contributed by atoms with Crippen LogP contribution in [0.25, 0.3) is 0 Å². The molecule has 3 unspecified atom stereocenters. The van der Waals surface area contributed by atoms with Crippen LogP contribution in [0.15, 0.2) is 30.3 Å². The summed E-state index contributed by atoms with van der Waals surface area (Å²) in [5, 5.41) is 7.51. The second-order valence-corrected chi connectivity index (χ2v) is 5.93.